The molecule has 6 heteroatoms. The van der Waals surface area contributed by atoms with Crippen molar-refractivity contribution in [3.05, 3.63) is 41.7 Å². The van der Waals surface area contributed by atoms with E-state index in [0.717, 1.165) is 44.5 Å². The van der Waals surface area contributed by atoms with Crippen LogP contribution in [0.15, 0.2) is 29.3 Å². The fourth-order valence-electron chi connectivity index (χ4n) is 3.53. The van der Waals surface area contributed by atoms with E-state index < -0.39 is 0 Å². The van der Waals surface area contributed by atoms with Gasteiger partial charge in [-0.15, -0.1) is 0 Å². The van der Waals surface area contributed by atoms with Crippen LogP contribution in [0.5, 0.6) is 0 Å². The molecule has 1 amide bonds. The van der Waals surface area contributed by atoms with E-state index in [2.05, 4.69) is 15.3 Å². The van der Waals surface area contributed by atoms with Gasteiger partial charge in [-0.2, -0.15) is 0 Å². The molecule has 2 aromatic rings. The molecule has 2 aromatic heterocycles. The van der Waals surface area contributed by atoms with Gasteiger partial charge >= 0.3 is 0 Å². The van der Waals surface area contributed by atoms with Gasteiger partial charge in [0.25, 0.3) is 5.91 Å². The largest absolute Gasteiger partial charge is 0.472 e. The number of hydrogen-bond acceptors (Lipinski definition) is 5. The summed E-state index contributed by atoms with van der Waals surface area (Å²) in [6.07, 6.45) is 9.98. The zero-order valence-electron chi connectivity index (χ0n) is 13.0. The van der Waals surface area contributed by atoms with E-state index in [-0.39, 0.29) is 11.9 Å². The Morgan fingerprint density at radius 3 is 3.13 bits per heavy atom. The van der Waals surface area contributed by atoms with E-state index in [1.54, 1.807) is 12.4 Å². The molecule has 0 radical (unpaired) electrons. The second-order valence-corrected chi connectivity index (χ2v) is 6.25. The first-order valence-electron chi connectivity index (χ1n) is 8.22. The zero-order valence-corrected chi connectivity index (χ0v) is 13.0. The third-order valence-electron chi connectivity index (χ3n) is 4.69. The van der Waals surface area contributed by atoms with Gasteiger partial charge in [0.1, 0.15) is 18.4 Å². The maximum absolute atomic E-state index is 12.5. The van der Waals surface area contributed by atoms with Gasteiger partial charge in [-0.05, 0) is 38.2 Å². The second kappa shape index (κ2) is 6.02. The minimum absolute atomic E-state index is 0.0400. The van der Waals surface area contributed by atoms with Crippen LogP contribution in [-0.4, -0.2) is 39.9 Å². The molecule has 0 aromatic carbocycles. The maximum Gasteiger partial charge on any atom is 0.257 e. The van der Waals surface area contributed by atoms with Gasteiger partial charge in [0.15, 0.2) is 0 Å². The molecule has 1 atom stereocenters. The molecule has 2 aliphatic rings. The zero-order chi connectivity index (χ0) is 15.6. The van der Waals surface area contributed by atoms with Crippen LogP contribution in [0, 0.1) is 0 Å². The summed E-state index contributed by atoms with van der Waals surface area (Å²) >= 11 is 0. The highest BCUT2D eigenvalue weighted by Gasteiger charge is 2.26. The average Bonchev–Trinajstić information content (AvgIpc) is 3.26. The van der Waals surface area contributed by atoms with Crippen LogP contribution >= 0.6 is 0 Å². The number of aryl methyl sites for hydroxylation is 1. The molecule has 1 aliphatic carbocycles. The highest BCUT2D eigenvalue weighted by molar-refractivity contribution is 5.93. The lowest BCUT2D eigenvalue weighted by atomic mass is 10.0. The Morgan fingerprint density at radius 1 is 1.30 bits per heavy atom. The van der Waals surface area contributed by atoms with Gasteiger partial charge in [0, 0.05) is 30.4 Å². The van der Waals surface area contributed by atoms with Crippen molar-refractivity contribution >= 4 is 11.7 Å². The Bertz CT molecular complexity index is 699. The molecule has 1 aliphatic heterocycles. The molecule has 1 N–H and O–H groups in total. The highest BCUT2D eigenvalue weighted by Crippen LogP contribution is 2.26. The lowest BCUT2D eigenvalue weighted by molar-refractivity contribution is 0.0714. The van der Waals surface area contributed by atoms with Gasteiger partial charge in [0.05, 0.1) is 11.8 Å². The first-order chi connectivity index (χ1) is 11.3. The summed E-state index contributed by atoms with van der Waals surface area (Å²) in [6.45, 7) is 1.49. The Morgan fingerprint density at radius 2 is 2.26 bits per heavy atom. The molecule has 1 saturated heterocycles. The number of fused-ring (bicyclic) bond motifs is 1. The van der Waals surface area contributed by atoms with Crippen molar-refractivity contribution in [1.29, 1.82) is 0 Å². The summed E-state index contributed by atoms with van der Waals surface area (Å²) in [7, 11) is 0. The molecule has 0 spiro atoms. The van der Waals surface area contributed by atoms with Gasteiger partial charge in [-0.25, -0.2) is 9.97 Å². The van der Waals surface area contributed by atoms with Gasteiger partial charge in [-0.3, -0.25) is 4.79 Å². The number of nitrogens with zero attached hydrogens (tertiary/aromatic N) is 3. The third kappa shape index (κ3) is 2.81. The van der Waals surface area contributed by atoms with E-state index in [1.807, 2.05) is 4.90 Å². The number of furan rings is 1. The monoisotopic (exact) mass is 312 g/mol. The van der Waals surface area contributed by atoms with Crippen molar-refractivity contribution in [3.8, 4) is 0 Å². The van der Waals surface area contributed by atoms with Gasteiger partial charge < -0.3 is 14.6 Å². The van der Waals surface area contributed by atoms with Crippen LogP contribution < -0.4 is 5.32 Å². The molecule has 23 heavy (non-hydrogen) atoms. The van der Waals surface area contributed by atoms with Crippen molar-refractivity contribution in [1.82, 2.24) is 14.9 Å². The summed E-state index contributed by atoms with van der Waals surface area (Å²) in [5, 5.41) is 3.54. The number of carbonyl (C=O) groups is 1. The van der Waals surface area contributed by atoms with Gasteiger partial charge in [0.2, 0.25) is 0 Å². The maximum atomic E-state index is 12.5. The number of rotatable bonds is 3. The van der Waals surface area contributed by atoms with Crippen LogP contribution in [0.2, 0.25) is 0 Å². The van der Waals surface area contributed by atoms with Crippen molar-refractivity contribution in [2.24, 2.45) is 0 Å². The normalized spacial score (nSPS) is 20.3. The standard InChI is InChI=1S/C17H20N4O2/c22-17(12-6-8-23-10-12)21-7-2-3-13(9-21)20-16-14-4-1-5-15(14)18-11-19-16/h6,8,10-11,13H,1-5,7,9H2,(H,18,19,20)/t13-/m0/s1. The number of aromatic nitrogens is 2. The minimum atomic E-state index is 0.0400. The summed E-state index contributed by atoms with van der Waals surface area (Å²) in [5.41, 5.74) is 3.05. The SMILES string of the molecule is O=C(c1ccoc1)N1CCC[C@H](Nc2ncnc3c2CCC3)C1. The highest BCUT2D eigenvalue weighted by atomic mass is 16.3. The predicted octanol–water partition coefficient (Wildman–Crippen LogP) is 2.28. The van der Waals surface area contributed by atoms with E-state index in [0.29, 0.717) is 12.1 Å². The van der Waals surface area contributed by atoms with E-state index in [1.165, 1.54) is 23.8 Å². The van der Waals surface area contributed by atoms with Crippen LogP contribution in [0.25, 0.3) is 0 Å². The summed E-state index contributed by atoms with van der Waals surface area (Å²) in [6, 6.07) is 1.95. The molecular weight excluding hydrogens is 292 g/mol. The quantitative estimate of drug-likeness (QED) is 0.941. The Labute approximate surface area is 134 Å². The van der Waals surface area contributed by atoms with Crippen molar-refractivity contribution in [3.63, 3.8) is 0 Å². The average molecular weight is 312 g/mol. The fraction of sp³-hybridized carbons (Fsp3) is 0.471. The van der Waals surface area contributed by atoms with Crippen molar-refractivity contribution < 1.29 is 9.21 Å². The first kappa shape index (κ1) is 14.2. The molecule has 0 bridgehead atoms. The Hall–Kier alpha value is -2.37. The molecule has 3 heterocycles. The first-order valence-corrected chi connectivity index (χ1v) is 8.22. The summed E-state index contributed by atoms with van der Waals surface area (Å²) in [5.74, 6) is 0.994. The number of likely N-dealkylation sites (tertiary alicyclic amines) is 1. The number of anilines is 1. The third-order valence-corrected chi connectivity index (χ3v) is 4.69. The predicted molar refractivity (Wildman–Crippen MR) is 85.3 cm³/mol. The van der Waals surface area contributed by atoms with E-state index >= 15 is 0 Å². The minimum Gasteiger partial charge on any atom is -0.472 e. The summed E-state index contributed by atoms with van der Waals surface area (Å²) < 4.78 is 5.02. The van der Waals surface area contributed by atoms with Crippen LogP contribution in [-0.2, 0) is 12.8 Å². The van der Waals surface area contributed by atoms with E-state index in [9.17, 15) is 4.79 Å². The number of carbonyl (C=O) groups excluding carboxylic acids is 1. The molecule has 0 saturated carbocycles. The Kier molecular flexibility index (Phi) is 3.73. The molecule has 120 valence electrons. The number of amides is 1. The van der Waals surface area contributed by atoms with Crippen molar-refractivity contribution in [2.45, 2.75) is 38.1 Å². The molecule has 4 rings (SSSR count). The second-order valence-electron chi connectivity index (χ2n) is 6.25. The summed E-state index contributed by atoms with van der Waals surface area (Å²) in [4.78, 5) is 23.1. The molecular formula is C17H20N4O2. The Balaban J connectivity index is 1.46. The number of hydrogen-bond donors (Lipinski definition) is 1. The molecule has 1 fully saturated rings. The molecule has 6 nitrogen and oxygen atoms in total. The van der Waals surface area contributed by atoms with Crippen LogP contribution in [0.4, 0.5) is 5.82 Å². The lowest BCUT2D eigenvalue weighted by Crippen LogP contribution is -2.45. The topological polar surface area (TPSA) is 71.3 Å². The lowest BCUT2D eigenvalue weighted by Gasteiger charge is -2.33. The van der Waals surface area contributed by atoms with Crippen molar-refractivity contribution in [2.75, 3.05) is 18.4 Å². The van der Waals surface area contributed by atoms with Crippen LogP contribution in [0.1, 0.15) is 40.9 Å². The van der Waals surface area contributed by atoms with E-state index in [4.69, 9.17) is 4.42 Å². The number of piperidine rings is 1. The smallest absolute Gasteiger partial charge is 0.257 e. The van der Waals surface area contributed by atoms with Gasteiger partial charge in [-0.1, -0.05) is 0 Å². The number of nitrogens with one attached hydrogen (secondary N) is 1. The fourth-order valence-corrected chi connectivity index (χ4v) is 3.53. The van der Waals surface area contributed by atoms with Crippen LogP contribution in [0.3, 0.4) is 0 Å². The molecule has 0 unspecified atom stereocenters.